The third-order valence-corrected chi connectivity index (χ3v) is 10.5. The van der Waals surface area contributed by atoms with E-state index < -0.39 is 48.2 Å². The Morgan fingerprint density at radius 2 is 1.30 bits per heavy atom. The van der Waals surface area contributed by atoms with Crippen molar-refractivity contribution in [3.63, 3.8) is 0 Å². The fraction of sp³-hybridized carbons (Fsp3) is 0.833. The fourth-order valence-electron chi connectivity index (χ4n) is 5.13. The molecule has 44 heavy (non-hydrogen) atoms. The molecule has 0 amide bonds. The number of ether oxygens (including phenoxy) is 1. The normalized spacial score (nSPS) is 14.6. The van der Waals surface area contributed by atoms with Crippen molar-refractivity contribution in [3.05, 3.63) is 31.3 Å². The molecule has 2 heterocycles. The highest BCUT2D eigenvalue weighted by Gasteiger charge is 2.30. The van der Waals surface area contributed by atoms with Crippen LogP contribution in [-0.2, 0) is 24.6 Å². The van der Waals surface area contributed by atoms with Gasteiger partial charge in [-0.15, -0.1) is 0 Å². The third-order valence-electron chi connectivity index (χ3n) is 7.69. The summed E-state index contributed by atoms with van der Waals surface area (Å²) in [7, 11) is -6.21. The zero-order chi connectivity index (χ0) is 32.2. The molecule has 0 aliphatic rings. The van der Waals surface area contributed by atoms with E-state index in [2.05, 4.69) is 28.8 Å². The first-order valence-corrected chi connectivity index (χ1v) is 19.6. The first-order valence-electron chi connectivity index (χ1n) is 16.6. The summed E-state index contributed by atoms with van der Waals surface area (Å²) in [5, 5.41) is 0. The lowest BCUT2D eigenvalue weighted by molar-refractivity contribution is 0.0288. The van der Waals surface area contributed by atoms with Crippen LogP contribution in [0.3, 0.4) is 0 Å². The largest absolute Gasteiger partial charge is 0.443 e. The maximum atomic E-state index is 13.0. The van der Waals surface area contributed by atoms with Crippen LogP contribution in [0, 0.1) is 0 Å². The maximum absolute atomic E-state index is 13.0. The predicted octanol–water partition coefficient (Wildman–Crippen LogP) is 5.87. The second-order valence-electron chi connectivity index (χ2n) is 11.6. The van der Waals surface area contributed by atoms with Gasteiger partial charge in [-0.2, -0.15) is 4.34 Å². The average molecular weight is 663 g/mol. The molecule has 0 aliphatic heterocycles. The molecule has 14 heteroatoms. The third kappa shape index (κ3) is 14.5. The molecule has 3 atom stereocenters. The summed E-state index contributed by atoms with van der Waals surface area (Å²) in [6.07, 6.45) is 20.0. The number of hydrogen-bond donors (Lipinski definition) is 4. The number of imidazole rings is 1. The lowest BCUT2D eigenvalue weighted by atomic mass is 10.1. The van der Waals surface area contributed by atoms with Gasteiger partial charge in [0.25, 0.3) is 5.56 Å². The smallest absolute Gasteiger partial charge is 0.375 e. The zero-order valence-electron chi connectivity index (χ0n) is 26.7. The van der Waals surface area contributed by atoms with E-state index in [9.17, 15) is 28.1 Å². The summed E-state index contributed by atoms with van der Waals surface area (Å²) in [5.74, 6) is 0.616. The van der Waals surface area contributed by atoms with Gasteiger partial charge in [-0.3, -0.25) is 28.5 Å². The van der Waals surface area contributed by atoms with Crippen molar-refractivity contribution in [1.82, 2.24) is 19.3 Å². The van der Waals surface area contributed by atoms with Crippen molar-refractivity contribution in [2.75, 3.05) is 24.7 Å². The van der Waals surface area contributed by atoms with E-state index in [1.54, 1.807) is 0 Å². The van der Waals surface area contributed by atoms with Crippen molar-refractivity contribution in [2.24, 2.45) is 0 Å². The summed E-state index contributed by atoms with van der Waals surface area (Å²) in [4.78, 5) is 53.9. The molecule has 2 aromatic heterocycles. The van der Waals surface area contributed by atoms with Crippen molar-refractivity contribution in [3.8, 4) is 0 Å². The molecule has 4 N–H and O–H groups in total. The number of nitrogens with zero attached hydrogens (tertiary/aromatic N) is 1. The molecule has 0 saturated heterocycles. The molecule has 2 aromatic rings. The molecule has 0 radical (unpaired) electrons. The topological polar surface area (TPSA) is 176 Å². The minimum atomic E-state index is -4.98. The second-order valence-corrected chi connectivity index (χ2v) is 14.9. The van der Waals surface area contributed by atoms with Crippen LogP contribution in [0.5, 0.6) is 0 Å². The standard InChI is InChI=1S/C30H55N4O8PS/c1-3-5-7-9-11-13-14-16-18-20-22-44(40)24-25(41-21-19-17-15-12-10-8-6-4-2)23-42-43(38,39)34-28(35)26-27(33-30(34)37)32-29(36)31-26/h25H,3-24H2,1-2H3,(H,33,37)(H,38,39)(H2,31,32,36). The summed E-state index contributed by atoms with van der Waals surface area (Å²) < 4.78 is 37.2. The molecule has 12 nitrogen and oxygen atoms in total. The Kier molecular flexibility index (Phi) is 19.1. The van der Waals surface area contributed by atoms with Crippen LogP contribution < -0.4 is 16.9 Å². The van der Waals surface area contributed by atoms with E-state index in [0.29, 0.717) is 12.4 Å². The molecule has 0 fully saturated rings. The number of unbranched alkanes of at least 4 members (excludes halogenated alkanes) is 16. The summed E-state index contributed by atoms with van der Waals surface area (Å²) >= 11 is 0. The van der Waals surface area contributed by atoms with Crippen LogP contribution in [0.2, 0.25) is 0 Å². The molecule has 0 spiro atoms. The van der Waals surface area contributed by atoms with Crippen LogP contribution in [0.4, 0.5) is 0 Å². The van der Waals surface area contributed by atoms with Crippen LogP contribution in [0.25, 0.3) is 11.2 Å². The highest BCUT2D eigenvalue weighted by molar-refractivity contribution is 7.85. The number of aromatic amines is 3. The molecule has 0 aromatic carbocycles. The van der Waals surface area contributed by atoms with E-state index in [1.165, 1.54) is 77.0 Å². The zero-order valence-corrected chi connectivity index (χ0v) is 28.5. The number of hydrogen-bond acceptors (Lipinski definition) is 7. The van der Waals surface area contributed by atoms with Gasteiger partial charge in [-0.25, -0.2) is 14.2 Å². The molecule has 2 rings (SSSR count). The minimum Gasteiger partial charge on any atom is -0.375 e. The first-order chi connectivity index (χ1) is 21.2. The highest BCUT2D eigenvalue weighted by Crippen LogP contribution is 2.40. The number of nitrogens with one attached hydrogen (secondary N) is 3. The van der Waals surface area contributed by atoms with Gasteiger partial charge in [0, 0.05) is 23.2 Å². The highest BCUT2D eigenvalue weighted by atomic mass is 32.2. The number of fused-ring (bicyclic) bond motifs is 1. The van der Waals surface area contributed by atoms with E-state index in [4.69, 9.17) is 9.26 Å². The molecular formula is C30H55N4O8PS. The average Bonchev–Trinajstić information content (AvgIpc) is 3.36. The predicted molar refractivity (Wildman–Crippen MR) is 177 cm³/mol. The molecular weight excluding hydrogens is 607 g/mol. The van der Waals surface area contributed by atoms with Gasteiger partial charge in [0.2, 0.25) is 0 Å². The van der Waals surface area contributed by atoms with Crippen molar-refractivity contribution < 1.29 is 22.9 Å². The lowest BCUT2D eigenvalue weighted by Gasteiger charge is -2.20. The quantitative estimate of drug-likeness (QED) is 0.0678. The summed E-state index contributed by atoms with van der Waals surface area (Å²) in [6, 6.07) is 0. The monoisotopic (exact) mass is 662 g/mol. The maximum Gasteiger partial charge on any atom is 0.443 e. The molecule has 0 bridgehead atoms. The van der Waals surface area contributed by atoms with Crippen molar-refractivity contribution in [2.45, 2.75) is 136 Å². The van der Waals surface area contributed by atoms with Crippen molar-refractivity contribution in [1.29, 1.82) is 0 Å². The Balaban J connectivity index is 1.88. The van der Waals surface area contributed by atoms with Gasteiger partial charge < -0.3 is 9.63 Å². The lowest BCUT2D eigenvalue weighted by Crippen LogP contribution is -2.35. The fourth-order valence-corrected chi connectivity index (χ4v) is 7.52. The van der Waals surface area contributed by atoms with E-state index in [0.717, 1.165) is 38.5 Å². The number of aromatic nitrogens is 4. The van der Waals surface area contributed by atoms with E-state index in [-0.39, 0.29) is 21.3 Å². The van der Waals surface area contributed by atoms with E-state index >= 15 is 0 Å². The molecule has 0 aliphatic carbocycles. The van der Waals surface area contributed by atoms with E-state index in [1.807, 2.05) is 0 Å². The van der Waals surface area contributed by atoms with Crippen LogP contribution >= 0.6 is 7.75 Å². The number of H-pyrrole nitrogens is 3. The van der Waals surface area contributed by atoms with Gasteiger partial charge >= 0.3 is 19.1 Å². The van der Waals surface area contributed by atoms with Crippen LogP contribution in [-0.4, -0.2) is 59.2 Å². The Morgan fingerprint density at radius 1 is 0.773 bits per heavy atom. The van der Waals surface area contributed by atoms with Gasteiger partial charge in [0.05, 0.1) is 18.5 Å². The molecule has 0 saturated carbocycles. The van der Waals surface area contributed by atoms with Crippen LogP contribution in [0.15, 0.2) is 14.4 Å². The Hall–Kier alpha value is -1.79. The summed E-state index contributed by atoms with van der Waals surface area (Å²) in [5.41, 5.74) is -3.67. The minimum absolute atomic E-state index is 0.0650. The first kappa shape index (κ1) is 38.4. The Bertz CT molecular complexity index is 1320. The van der Waals surface area contributed by atoms with Gasteiger partial charge in [-0.05, 0) is 12.8 Å². The Morgan fingerprint density at radius 3 is 1.86 bits per heavy atom. The van der Waals surface area contributed by atoms with Gasteiger partial charge in [0.15, 0.2) is 5.52 Å². The summed E-state index contributed by atoms with van der Waals surface area (Å²) in [6.45, 7) is 4.36. The van der Waals surface area contributed by atoms with Crippen LogP contribution in [0.1, 0.15) is 129 Å². The van der Waals surface area contributed by atoms with Gasteiger partial charge in [0.1, 0.15) is 5.65 Å². The molecule has 3 unspecified atom stereocenters. The second kappa shape index (κ2) is 21.9. The van der Waals surface area contributed by atoms with Gasteiger partial charge in [-0.1, -0.05) is 117 Å². The van der Waals surface area contributed by atoms with Crippen molar-refractivity contribution >= 4 is 29.7 Å². The number of rotatable bonds is 27. The SMILES string of the molecule is CCCCCCCCCCCCS(=O)CC(COP(=O)(O)n1c(=O)[nH]c2[nH]c(=O)[nH]c2c1=O)OCCCCCCCCCC. The molecule has 254 valence electrons. The Labute approximate surface area is 263 Å².